The average Bonchev–Trinajstić information content (AvgIpc) is 2.92. The molecule has 1 saturated carbocycles. The van der Waals surface area contributed by atoms with Crippen LogP contribution < -0.4 is 0 Å². The fourth-order valence-electron chi connectivity index (χ4n) is 3.42. The smallest absolute Gasteiger partial charge is 0.226 e. The molecular weight excluding hydrogens is 210 g/mol. The minimum Gasteiger partial charge on any atom is -0.339 e. The maximum Gasteiger partial charge on any atom is 0.226 e. The third-order valence-electron chi connectivity index (χ3n) is 4.73. The molecule has 0 N–H and O–H groups in total. The van der Waals surface area contributed by atoms with Crippen molar-refractivity contribution < 1.29 is 4.79 Å². The summed E-state index contributed by atoms with van der Waals surface area (Å²) >= 11 is 0. The zero-order chi connectivity index (χ0) is 12.6. The van der Waals surface area contributed by atoms with Crippen LogP contribution in [0, 0.1) is 17.3 Å². The van der Waals surface area contributed by atoms with Gasteiger partial charge in [0.15, 0.2) is 0 Å². The Morgan fingerprint density at radius 1 is 1.41 bits per heavy atom. The summed E-state index contributed by atoms with van der Waals surface area (Å²) in [6, 6.07) is 0.475. The molecular formula is C15H27NO. The summed E-state index contributed by atoms with van der Waals surface area (Å²) in [6.45, 7) is 9.82. The molecule has 2 rings (SSSR count). The van der Waals surface area contributed by atoms with E-state index in [0.717, 1.165) is 19.4 Å². The van der Waals surface area contributed by atoms with Gasteiger partial charge >= 0.3 is 0 Å². The molecule has 1 aliphatic heterocycles. The van der Waals surface area contributed by atoms with Crippen LogP contribution in [-0.2, 0) is 4.79 Å². The maximum atomic E-state index is 12.6. The first kappa shape index (κ1) is 12.9. The largest absolute Gasteiger partial charge is 0.339 e. The lowest BCUT2D eigenvalue weighted by Crippen LogP contribution is -2.40. The summed E-state index contributed by atoms with van der Waals surface area (Å²) < 4.78 is 0. The summed E-state index contributed by atoms with van der Waals surface area (Å²) in [6.07, 6.45) is 6.10. The maximum absolute atomic E-state index is 12.6. The van der Waals surface area contributed by atoms with Gasteiger partial charge in [0.25, 0.3) is 0 Å². The molecule has 1 aliphatic carbocycles. The highest BCUT2D eigenvalue weighted by atomic mass is 16.2. The second kappa shape index (κ2) is 4.62. The van der Waals surface area contributed by atoms with Gasteiger partial charge in [-0.1, -0.05) is 27.2 Å². The van der Waals surface area contributed by atoms with Crippen molar-refractivity contribution in [2.75, 3.05) is 6.54 Å². The van der Waals surface area contributed by atoms with Crippen molar-refractivity contribution in [2.24, 2.45) is 17.3 Å². The van der Waals surface area contributed by atoms with Crippen molar-refractivity contribution in [3.05, 3.63) is 0 Å². The Morgan fingerprint density at radius 2 is 2.06 bits per heavy atom. The number of amides is 1. The highest BCUT2D eigenvalue weighted by Crippen LogP contribution is 2.55. The molecule has 2 fully saturated rings. The SMILES string of the molecule is CCCC(C(=O)N1CC2(CC2)C[C@H]1C)C(C)C. The van der Waals surface area contributed by atoms with E-state index in [1.807, 2.05) is 0 Å². The Morgan fingerprint density at radius 3 is 2.47 bits per heavy atom. The van der Waals surface area contributed by atoms with Crippen molar-refractivity contribution in [1.29, 1.82) is 0 Å². The lowest BCUT2D eigenvalue weighted by Gasteiger charge is -2.29. The van der Waals surface area contributed by atoms with Crippen molar-refractivity contribution in [3.63, 3.8) is 0 Å². The van der Waals surface area contributed by atoms with E-state index in [1.54, 1.807) is 0 Å². The van der Waals surface area contributed by atoms with Gasteiger partial charge in [0, 0.05) is 18.5 Å². The van der Waals surface area contributed by atoms with E-state index in [4.69, 9.17) is 0 Å². The summed E-state index contributed by atoms with van der Waals surface area (Å²) in [5, 5.41) is 0. The first-order valence-corrected chi connectivity index (χ1v) is 7.29. The first-order chi connectivity index (χ1) is 7.99. The van der Waals surface area contributed by atoms with Crippen LogP contribution in [0.4, 0.5) is 0 Å². The van der Waals surface area contributed by atoms with Crippen LogP contribution in [0.1, 0.15) is 59.8 Å². The Labute approximate surface area is 106 Å². The Bertz CT molecular complexity index is 293. The van der Waals surface area contributed by atoms with Crippen LogP contribution >= 0.6 is 0 Å². The fraction of sp³-hybridized carbons (Fsp3) is 0.933. The Hall–Kier alpha value is -0.530. The minimum atomic E-state index is 0.247. The number of rotatable bonds is 4. The monoisotopic (exact) mass is 237 g/mol. The highest BCUT2D eigenvalue weighted by Gasteiger charge is 2.52. The van der Waals surface area contributed by atoms with E-state index in [9.17, 15) is 4.79 Å². The van der Waals surface area contributed by atoms with Crippen molar-refractivity contribution in [2.45, 2.75) is 65.8 Å². The topological polar surface area (TPSA) is 20.3 Å². The molecule has 1 amide bonds. The number of nitrogens with zero attached hydrogens (tertiary/aromatic N) is 1. The number of hydrogen-bond donors (Lipinski definition) is 0. The number of carbonyl (C=O) groups excluding carboxylic acids is 1. The second-order valence-electron chi connectivity index (χ2n) is 6.66. The molecule has 1 saturated heterocycles. The summed E-state index contributed by atoms with van der Waals surface area (Å²) in [5.41, 5.74) is 0.544. The van der Waals surface area contributed by atoms with Crippen LogP contribution in [0.5, 0.6) is 0 Å². The van der Waals surface area contributed by atoms with Crippen molar-refractivity contribution in [1.82, 2.24) is 4.90 Å². The van der Waals surface area contributed by atoms with Crippen LogP contribution in [0.3, 0.4) is 0 Å². The summed E-state index contributed by atoms with van der Waals surface area (Å²) in [4.78, 5) is 14.8. The van der Waals surface area contributed by atoms with Gasteiger partial charge in [-0.2, -0.15) is 0 Å². The van der Waals surface area contributed by atoms with Crippen LogP contribution in [0.2, 0.25) is 0 Å². The van der Waals surface area contributed by atoms with Gasteiger partial charge in [0.2, 0.25) is 5.91 Å². The predicted octanol–water partition coefficient (Wildman–Crippen LogP) is 3.46. The zero-order valence-electron chi connectivity index (χ0n) is 11.8. The molecule has 1 spiro atoms. The number of hydrogen-bond acceptors (Lipinski definition) is 1. The van der Waals surface area contributed by atoms with Crippen LogP contribution in [-0.4, -0.2) is 23.4 Å². The van der Waals surface area contributed by atoms with E-state index in [2.05, 4.69) is 32.6 Å². The molecule has 2 nitrogen and oxygen atoms in total. The lowest BCUT2D eigenvalue weighted by atomic mass is 9.90. The van der Waals surface area contributed by atoms with Crippen molar-refractivity contribution >= 4 is 5.91 Å². The third kappa shape index (κ3) is 2.51. The molecule has 1 unspecified atom stereocenters. The summed E-state index contributed by atoms with van der Waals surface area (Å²) in [7, 11) is 0. The minimum absolute atomic E-state index is 0.247. The van der Waals surface area contributed by atoms with Gasteiger partial charge in [-0.25, -0.2) is 0 Å². The lowest BCUT2D eigenvalue weighted by molar-refractivity contribution is -0.138. The first-order valence-electron chi connectivity index (χ1n) is 7.29. The van der Waals surface area contributed by atoms with Gasteiger partial charge in [-0.15, -0.1) is 0 Å². The van der Waals surface area contributed by atoms with Gasteiger partial charge in [0.05, 0.1) is 0 Å². The molecule has 0 radical (unpaired) electrons. The van der Waals surface area contributed by atoms with E-state index >= 15 is 0 Å². The van der Waals surface area contributed by atoms with Gasteiger partial charge in [0.1, 0.15) is 0 Å². The molecule has 0 aromatic carbocycles. The molecule has 0 bridgehead atoms. The average molecular weight is 237 g/mol. The zero-order valence-corrected chi connectivity index (χ0v) is 11.8. The number of carbonyl (C=O) groups is 1. The number of likely N-dealkylation sites (tertiary alicyclic amines) is 1. The standard InChI is InChI=1S/C15H27NO/c1-5-6-13(11(2)3)14(17)16-10-15(7-8-15)9-12(16)4/h11-13H,5-10H2,1-4H3/t12-,13?/m1/s1. The normalized spacial score (nSPS) is 27.8. The van der Waals surface area contributed by atoms with Gasteiger partial charge in [-0.05, 0) is 43.9 Å². The van der Waals surface area contributed by atoms with E-state index in [1.165, 1.54) is 19.3 Å². The molecule has 98 valence electrons. The molecule has 2 aliphatic rings. The fourth-order valence-corrected chi connectivity index (χ4v) is 3.42. The van der Waals surface area contributed by atoms with Gasteiger partial charge in [-0.3, -0.25) is 4.79 Å². The molecule has 0 aromatic rings. The van der Waals surface area contributed by atoms with Crippen molar-refractivity contribution in [3.8, 4) is 0 Å². The quantitative estimate of drug-likeness (QED) is 0.733. The summed E-state index contributed by atoms with van der Waals surface area (Å²) in [5.74, 6) is 1.15. The molecule has 2 heteroatoms. The Kier molecular flexibility index (Phi) is 3.51. The third-order valence-corrected chi connectivity index (χ3v) is 4.73. The van der Waals surface area contributed by atoms with Crippen LogP contribution in [0.25, 0.3) is 0 Å². The molecule has 1 heterocycles. The van der Waals surface area contributed by atoms with E-state index in [0.29, 0.717) is 23.3 Å². The second-order valence-corrected chi connectivity index (χ2v) is 6.66. The molecule has 2 atom stereocenters. The Balaban J connectivity index is 2.02. The highest BCUT2D eigenvalue weighted by molar-refractivity contribution is 5.80. The van der Waals surface area contributed by atoms with Gasteiger partial charge < -0.3 is 4.90 Å². The van der Waals surface area contributed by atoms with Crippen LogP contribution in [0.15, 0.2) is 0 Å². The van der Waals surface area contributed by atoms with E-state index in [-0.39, 0.29) is 5.92 Å². The molecule has 0 aromatic heterocycles. The predicted molar refractivity (Wildman–Crippen MR) is 70.7 cm³/mol. The van der Waals surface area contributed by atoms with E-state index < -0.39 is 0 Å². The molecule has 17 heavy (non-hydrogen) atoms.